The fraction of sp³-hybridized carbons (Fsp3) is 0.154. The summed E-state index contributed by atoms with van der Waals surface area (Å²) in [4.78, 5) is 23.2. The van der Waals surface area contributed by atoms with Gasteiger partial charge in [0.25, 0.3) is 5.56 Å². The molecule has 0 aromatic carbocycles. The van der Waals surface area contributed by atoms with Crippen molar-refractivity contribution in [3.05, 3.63) is 45.8 Å². The largest absolute Gasteiger partial charge is 0.314 e. The topological polar surface area (TPSA) is 70.7 Å². The Bertz CT molecular complexity index is 777. The van der Waals surface area contributed by atoms with Gasteiger partial charge in [0.15, 0.2) is 0 Å². The highest BCUT2D eigenvalue weighted by Crippen LogP contribution is 2.23. The van der Waals surface area contributed by atoms with Crippen LogP contribution in [0.2, 0.25) is 0 Å². The van der Waals surface area contributed by atoms with Gasteiger partial charge in [-0.25, -0.2) is 4.98 Å². The van der Waals surface area contributed by atoms with Gasteiger partial charge >= 0.3 is 0 Å². The molecule has 0 unspecified atom stereocenters. The molecule has 6 heteroatoms. The first kappa shape index (κ1) is 12.0. The van der Waals surface area contributed by atoms with Crippen LogP contribution in [0.5, 0.6) is 0 Å². The molecule has 0 spiro atoms. The Morgan fingerprint density at radius 2 is 2.32 bits per heavy atom. The van der Waals surface area contributed by atoms with E-state index in [0.717, 1.165) is 15.8 Å². The van der Waals surface area contributed by atoms with Crippen molar-refractivity contribution in [3.8, 4) is 11.4 Å². The van der Waals surface area contributed by atoms with Crippen molar-refractivity contribution >= 4 is 21.6 Å². The highest BCUT2D eigenvalue weighted by Gasteiger charge is 2.06. The zero-order chi connectivity index (χ0) is 13.2. The van der Waals surface area contributed by atoms with Gasteiger partial charge < -0.3 is 10.3 Å². The molecule has 0 aliphatic rings. The van der Waals surface area contributed by atoms with Crippen molar-refractivity contribution in [1.82, 2.24) is 20.3 Å². The number of pyridine rings is 1. The number of aromatic amines is 1. The zero-order valence-electron chi connectivity index (χ0n) is 10.3. The summed E-state index contributed by atoms with van der Waals surface area (Å²) in [7, 11) is 1.82. The van der Waals surface area contributed by atoms with Crippen molar-refractivity contribution in [2.45, 2.75) is 6.54 Å². The lowest BCUT2D eigenvalue weighted by Crippen LogP contribution is -2.14. The van der Waals surface area contributed by atoms with Crippen molar-refractivity contribution in [2.24, 2.45) is 0 Å². The monoisotopic (exact) mass is 272 g/mol. The summed E-state index contributed by atoms with van der Waals surface area (Å²) in [6, 6.07) is 5.46. The normalized spacial score (nSPS) is 11.0. The maximum atomic E-state index is 11.6. The number of H-pyrrole nitrogens is 1. The van der Waals surface area contributed by atoms with Gasteiger partial charge in [0.05, 0.1) is 15.9 Å². The number of hydrogen-bond donors (Lipinski definition) is 2. The second-order valence-electron chi connectivity index (χ2n) is 4.14. The van der Waals surface area contributed by atoms with Crippen LogP contribution in [0.15, 0.2) is 34.6 Å². The molecule has 19 heavy (non-hydrogen) atoms. The molecule has 0 aliphatic heterocycles. The van der Waals surface area contributed by atoms with E-state index in [2.05, 4.69) is 20.3 Å². The van der Waals surface area contributed by atoms with Gasteiger partial charge in [0.2, 0.25) is 0 Å². The fourth-order valence-corrected chi connectivity index (χ4v) is 2.67. The fourth-order valence-electron chi connectivity index (χ4n) is 1.89. The lowest BCUT2D eigenvalue weighted by Gasteiger charge is -2.04. The Morgan fingerprint density at radius 3 is 3.16 bits per heavy atom. The highest BCUT2D eigenvalue weighted by molar-refractivity contribution is 7.17. The second kappa shape index (κ2) is 4.91. The zero-order valence-corrected chi connectivity index (χ0v) is 11.1. The highest BCUT2D eigenvalue weighted by atomic mass is 32.1. The summed E-state index contributed by atoms with van der Waals surface area (Å²) in [5.74, 6) is 0.556. The van der Waals surface area contributed by atoms with E-state index in [1.807, 2.05) is 24.6 Å². The number of nitrogens with zero attached hydrogens (tertiary/aromatic N) is 2. The van der Waals surface area contributed by atoms with Gasteiger partial charge in [0, 0.05) is 24.4 Å². The summed E-state index contributed by atoms with van der Waals surface area (Å²) in [5.41, 5.74) is 2.35. The Kier molecular flexibility index (Phi) is 3.10. The van der Waals surface area contributed by atoms with Crippen LogP contribution in [-0.2, 0) is 6.54 Å². The summed E-state index contributed by atoms with van der Waals surface area (Å²) < 4.78 is 1.08. The molecule has 3 rings (SSSR count). The average molecular weight is 272 g/mol. The minimum atomic E-state index is -0.151. The molecule has 0 atom stereocenters. The molecule has 0 saturated carbocycles. The van der Waals surface area contributed by atoms with E-state index in [9.17, 15) is 4.79 Å². The maximum Gasteiger partial charge on any atom is 0.251 e. The third kappa shape index (κ3) is 2.40. The molecule has 0 amide bonds. The smallest absolute Gasteiger partial charge is 0.251 e. The van der Waals surface area contributed by atoms with E-state index in [-0.39, 0.29) is 5.56 Å². The van der Waals surface area contributed by atoms with Crippen molar-refractivity contribution in [3.63, 3.8) is 0 Å². The van der Waals surface area contributed by atoms with Crippen LogP contribution in [0.4, 0.5) is 0 Å². The molecule has 0 bridgehead atoms. The van der Waals surface area contributed by atoms with E-state index in [4.69, 9.17) is 0 Å². The van der Waals surface area contributed by atoms with Crippen LogP contribution in [0.3, 0.4) is 0 Å². The van der Waals surface area contributed by atoms with Crippen molar-refractivity contribution < 1.29 is 0 Å². The number of thiophene rings is 1. The quantitative estimate of drug-likeness (QED) is 0.762. The Hall–Kier alpha value is -2.05. The van der Waals surface area contributed by atoms with E-state index < -0.39 is 0 Å². The lowest BCUT2D eigenvalue weighted by molar-refractivity contribution is 0.785. The van der Waals surface area contributed by atoms with Gasteiger partial charge in [-0.05, 0) is 24.6 Å². The molecule has 3 aromatic heterocycles. The van der Waals surface area contributed by atoms with Crippen LogP contribution in [0, 0.1) is 0 Å². The van der Waals surface area contributed by atoms with Gasteiger partial charge in [-0.1, -0.05) is 0 Å². The minimum absolute atomic E-state index is 0.151. The third-order valence-electron chi connectivity index (χ3n) is 2.73. The summed E-state index contributed by atoms with van der Waals surface area (Å²) >= 11 is 1.62. The molecule has 0 fully saturated rings. The van der Waals surface area contributed by atoms with E-state index in [1.165, 1.54) is 6.07 Å². The van der Waals surface area contributed by atoms with E-state index >= 15 is 0 Å². The van der Waals surface area contributed by atoms with Gasteiger partial charge in [-0.3, -0.25) is 9.78 Å². The average Bonchev–Trinajstić information content (AvgIpc) is 2.85. The molecular formula is C13H12N4OS. The summed E-state index contributed by atoms with van der Waals surface area (Å²) in [6.07, 6.45) is 1.73. The first-order valence-electron chi connectivity index (χ1n) is 5.85. The van der Waals surface area contributed by atoms with Gasteiger partial charge in [0.1, 0.15) is 5.82 Å². The van der Waals surface area contributed by atoms with Crippen LogP contribution in [0.1, 0.15) is 5.69 Å². The molecule has 3 heterocycles. The van der Waals surface area contributed by atoms with Gasteiger partial charge in [-0.2, -0.15) is 0 Å². The number of hydrogen-bond acceptors (Lipinski definition) is 5. The maximum absolute atomic E-state index is 11.6. The minimum Gasteiger partial charge on any atom is -0.314 e. The molecule has 96 valence electrons. The van der Waals surface area contributed by atoms with E-state index in [0.29, 0.717) is 18.1 Å². The van der Waals surface area contributed by atoms with Crippen molar-refractivity contribution in [1.29, 1.82) is 0 Å². The summed E-state index contributed by atoms with van der Waals surface area (Å²) in [6.45, 7) is 0.561. The molecule has 5 nitrogen and oxygen atoms in total. The predicted octanol–water partition coefficient (Wildman–Crippen LogP) is 1.77. The van der Waals surface area contributed by atoms with Crippen LogP contribution >= 0.6 is 11.3 Å². The number of nitrogens with one attached hydrogen (secondary N) is 2. The first-order valence-corrected chi connectivity index (χ1v) is 6.73. The van der Waals surface area contributed by atoms with Crippen molar-refractivity contribution in [2.75, 3.05) is 7.05 Å². The molecule has 2 N–H and O–H groups in total. The number of fused-ring (bicyclic) bond motifs is 1. The van der Waals surface area contributed by atoms with Crippen LogP contribution in [0.25, 0.3) is 21.6 Å². The third-order valence-corrected chi connectivity index (χ3v) is 3.58. The number of rotatable bonds is 3. The van der Waals surface area contributed by atoms with Gasteiger partial charge in [-0.15, -0.1) is 11.3 Å². The molecule has 0 saturated heterocycles. The predicted molar refractivity (Wildman–Crippen MR) is 76.2 cm³/mol. The molecular weight excluding hydrogens is 260 g/mol. The molecule has 0 aliphatic carbocycles. The van der Waals surface area contributed by atoms with Crippen LogP contribution < -0.4 is 10.9 Å². The lowest BCUT2D eigenvalue weighted by atomic mass is 10.2. The van der Waals surface area contributed by atoms with E-state index in [1.54, 1.807) is 17.5 Å². The molecule has 0 radical (unpaired) electrons. The standard InChI is InChI=1S/C13H12N4OS/c1-14-7-9-5-12(18)17-13(16-9)8-4-11-10(15-6-8)2-3-19-11/h2-6,14H,7H2,1H3,(H,16,17,18). The second-order valence-corrected chi connectivity index (χ2v) is 5.09. The summed E-state index contributed by atoms with van der Waals surface area (Å²) in [5, 5.41) is 4.98. The molecule has 3 aromatic rings. The number of aromatic nitrogens is 3. The SMILES string of the molecule is CNCc1cc(=O)[nH]c(-c2cnc3ccsc3c2)n1. The Labute approximate surface area is 113 Å². The Balaban J connectivity index is 2.11. The van der Waals surface area contributed by atoms with Crippen LogP contribution in [-0.4, -0.2) is 22.0 Å². The first-order chi connectivity index (χ1) is 9.26. The Morgan fingerprint density at radius 1 is 1.42 bits per heavy atom.